The predicted molar refractivity (Wildman–Crippen MR) is 64.7 cm³/mol. The molecular formula is C11H16BrNO2. The van der Waals surface area contributed by atoms with Crippen LogP contribution in [-0.4, -0.2) is 20.8 Å². The summed E-state index contributed by atoms with van der Waals surface area (Å²) < 4.78 is 11.4. The molecule has 0 spiro atoms. The molecule has 1 atom stereocenters. The van der Waals surface area contributed by atoms with Crippen LogP contribution in [0.4, 0.5) is 0 Å². The topological polar surface area (TPSA) is 44.5 Å². The highest BCUT2D eigenvalue weighted by atomic mass is 79.9. The first-order valence-electron chi connectivity index (χ1n) is 4.75. The number of halogens is 1. The molecule has 1 rings (SSSR count). The normalized spacial score (nSPS) is 12.3. The van der Waals surface area contributed by atoms with Gasteiger partial charge in [-0.15, -0.1) is 0 Å². The second kappa shape index (κ2) is 5.37. The highest BCUT2D eigenvalue weighted by molar-refractivity contribution is 9.10. The molecule has 0 saturated carbocycles. The lowest BCUT2D eigenvalue weighted by Crippen LogP contribution is -2.10. The molecule has 0 bridgehead atoms. The summed E-state index contributed by atoms with van der Waals surface area (Å²) in [6.45, 7) is 2.64. The molecule has 2 N–H and O–H groups in total. The second-order valence-electron chi connectivity index (χ2n) is 3.37. The zero-order valence-corrected chi connectivity index (χ0v) is 10.8. The molecule has 4 heteroatoms. The Morgan fingerprint density at radius 1 is 1.33 bits per heavy atom. The van der Waals surface area contributed by atoms with E-state index in [0.29, 0.717) is 6.54 Å². The monoisotopic (exact) mass is 273 g/mol. The van der Waals surface area contributed by atoms with Crippen molar-refractivity contribution in [1.29, 1.82) is 0 Å². The summed E-state index contributed by atoms with van der Waals surface area (Å²) in [6.07, 6.45) is 0. The average molecular weight is 274 g/mol. The Morgan fingerprint density at radius 2 is 2.00 bits per heavy atom. The van der Waals surface area contributed by atoms with Crippen LogP contribution >= 0.6 is 15.9 Å². The fourth-order valence-electron chi connectivity index (χ4n) is 1.42. The van der Waals surface area contributed by atoms with E-state index in [0.717, 1.165) is 21.5 Å². The number of rotatable bonds is 4. The molecule has 0 aliphatic carbocycles. The van der Waals surface area contributed by atoms with Gasteiger partial charge < -0.3 is 15.2 Å². The summed E-state index contributed by atoms with van der Waals surface area (Å²) in [7, 11) is 3.30. The van der Waals surface area contributed by atoms with E-state index in [2.05, 4.69) is 22.9 Å². The number of nitrogens with two attached hydrogens (primary N) is 1. The highest BCUT2D eigenvalue weighted by Crippen LogP contribution is 2.37. The maximum absolute atomic E-state index is 5.66. The zero-order chi connectivity index (χ0) is 11.4. The van der Waals surface area contributed by atoms with Gasteiger partial charge >= 0.3 is 0 Å². The summed E-state index contributed by atoms with van der Waals surface area (Å²) in [5.74, 6) is 1.87. The molecule has 0 heterocycles. The van der Waals surface area contributed by atoms with Crippen LogP contribution in [0.5, 0.6) is 11.5 Å². The quantitative estimate of drug-likeness (QED) is 0.917. The second-order valence-corrected chi connectivity index (χ2v) is 4.22. The maximum Gasteiger partial charge on any atom is 0.136 e. The van der Waals surface area contributed by atoms with E-state index in [9.17, 15) is 0 Å². The number of ether oxygens (including phenoxy) is 2. The Balaban J connectivity index is 3.25. The molecule has 0 radical (unpaired) electrons. The van der Waals surface area contributed by atoms with Crippen LogP contribution in [0.25, 0.3) is 0 Å². The van der Waals surface area contributed by atoms with Gasteiger partial charge in [0, 0.05) is 5.56 Å². The summed E-state index contributed by atoms with van der Waals surface area (Å²) in [6, 6.07) is 3.84. The summed E-state index contributed by atoms with van der Waals surface area (Å²) in [4.78, 5) is 0. The maximum atomic E-state index is 5.66. The first-order valence-corrected chi connectivity index (χ1v) is 5.54. The summed E-state index contributed by atoms with van der Waals surface area (Å²) in [5, 5.41) is 0. The van der Waals surface area contributed by atoms with Crippen LogP contribution < -0.4 is 15.2 Å². The van der Waals surface area contributed by atoms with Crippen molar-refractivity contribution < 1.29 is 9.47 Å². The predicted octanol–water partition coefficient (Wildman–Crippen LogP) is 2.53. The van der Waals surface area contributed by atoms with Crippen LogP contribution in [0, 0.1) is 0 Å². The number of hydrogen-bond donors (Lipinski definition) is 1. The first-order chi connectivity index (χ1) is 7.13. The van der Waals surface area contributed by atoms with Gasteiger partial charge in [0.05, 0.1) is 18.7 Å². The standard InChI is InChI=1S/C11H16BrNO2/c1-7(6-13)9-4-8(14-2)5-10(12)11(9)15-3/h4-5,7H,6,13H2,1-3H3. The number of hydrogen-bond acceptors (Lipinski definition) is 3. The van der Waals surface area contributed by atoms with Gasteiger partial charge in [-0.2, -0.15) is 0 Å². The minimum Gasteiger partial charge on any atom is -0.497 e. The van der Waals surface area contributed by atoms with Gasteiger partial charge in [-0.3, -0.25) is 0 Å². The minimum absolute atomic E-state index is 0.242. The van der Waals surface area contributed by atoms with Gasteiger partial charge in [0.25, 0.3) is 0 Å². The van der Waals surface area contributed by atoms with Crippen molar-refractivity contribution in [3.05, 3.63) is 22.2 Å². The van der Waals surface area contributed by atoms with Gasteiger partial charge in [-0.25, -0.2) is 0 Å². The average Bonchev–Trinajstić information content (AvgIpc) is 2.26. The lowest BCUT2D eigenvalue weighted by molar-refractivity contribution is 0.393. The van der Waals surface area contributed by atoms with E-state index in [1.807, 2.05) is 12.1 Å². The molecule has 0 saturated heterocycles. The molecule has 0 aliphatic heterocycles. The van der Waals surface area contributed by atoms with E-state index in [1.54, 1.807) is 14.2 Å². The van der Waals surface area contributed by atoms with Crippen molar-refractivity contribution in [1.82, 2.24) is 0 Å². The Kier molecular flexibility index (Phi) is 4.42. The summed E-state index contributed by atoms with van der Waals surface area (Å²) in [5.41, 5.74) is 6.72. The van der Waals surface area contributed by atoms with Gasteiger partial charge in [-0.05, 0) is 40.5 Å². The molecule has 0 aliphatic rings. The van der Waals surface area contributed by atoms with Crippen molar-refractivity contribution in [2.75, 3.05) is 20.8 Å². The van der Waals surface area contributed by atoms with Crippen molar-refractivity contribution in [2.24, 2.45) is 5.73 Å². The zero-order valence-electron chi connectivity index (χ0n) is 9.21. The Bertz CT molecular complexity index is 342. The van der Waals surface area contributed by atoms with E-state index >= 15 is 0 Å². The molecular weight excluding hydrogens is 258 g/mol. The Morgan fingerprint density at radius 3 is 2.47 bits per heavy atom. The fourth-order valence-corrected chi connectivity index (χ4v) is 2.03. The van der Waals surface area contributed by atoms with Gasteiger partial charge in [0.1, 0.15) is 11.5 Å². The van der Waals surface area contributed by atoms with Crippen molar-refractivity contribution in [3.63, 3.8) is 0 Å². The molecule has 3 nitrogen and oxygen atoms in total. The Hall–Kier alpha value is -0.740. The smallest absolute Gasteiger partial charge is 0.136 e. The van der Waals surface area contributed by atoms with Gasteiger partial charge in [-0.1, -0.05) is 6.92 Å². The van der Waals surface area contributed by atoms with E-state index < -0.39 is 0 Å². The van der Waals surface area contributed by atoms with Crippen LogP contribution in [0.3, 0.4) is 0 Å². The Labute approximate surface area is 98.7 Å². The van der Waals surface area contributed by atoms with E-state index in [4.69, 9.17) is 15.2 Å². The van der Waals surface area contributed by atoms with Gasteiger partial charge in [0.2, 0.25) is 0 Å². The number of benzene rings is 1. The summed E-state index contributed by atoms with van der Waals surface area (Å²) >= 11 is 3.45. The molecule has 15 heavy (non-hydrogen) atoms. The molecule has 1 unspecified atom stereocenters. The lowest BCUT2D eigenvalue weighted by Gasteiger charge is -2.16. The molecule has 0 aromatic heterocycles. The third-order valence-corrected chi connectivity index (χ3v) is 2.96. The largest absolute Gasteiger partial charge is 0.497 e. The van der Waals surface area contributed by atoms with E-state index in [-0.39, 0.29) is 5.92 Å². The molecule has 0 amide bonds. The van der Waals surface area contributed by atoms with Gasteiger partial charge in [0.15, 0.2) is 0 Å². The molecule has 1 aromatic carbocycles. The van der Waals surface area contributed by atoms with E-state index in [1.165, 1.54) is 0 Å². The van der Waals surface area contributed by atoms with Crippen molar-refractivity contribution in [3.8, 4) is 11.5 Å². The molecule has 0 fully saturated rings. The van der Waals surface area contributed by atoms with Crippen LogP contribution in [0.2, 0.25) is 0 Å². The molecule has 84 valence electrons. The van der Waals surface area contributed by atoms with Crippen molar-refractivity contribution in [2.45, 2.75) is 12.8 Å². The lowest BCUT2D eigenvalue weighted by atomic mass is 10.00. The first kappa shape index (κ1) is 12.3. The third kappa shape index (κ3) is 2.63. The van der Waals surface area contributed by atoms with Crippen LogP contribution in [0.1, 0.15) is 18.4 Å². The SMILES string of the molecule is COc1cc(Br)c(OC)c(C(C)CN)c1. The molecule has 1 aromatic rings. The minimum atomic E-state index is 0.242. The highest BCUT2D eigenvalue weighted by Gasteiger charge is 2.14. The number of methoxy groups -OCH3 is 2. The van der Waals surface area contributed by atoms with Crippen LogP contribution in [-0.2, 0) is 0 Å². The fraction of sp³-hybridized carbons (Fsp3) is 0.455. The van der Waals surface area contributed by atoms with Crippen LogP contribution in [0.15, 0.2) is 16.6 Å². The van der Waals surface area contributed by atoms with Crippen molar-refractivity contribution >= 4 is 15.9 Å². The third-order valence-electron chi connectivity index (χ3n) is 2.37.